The van der Waals surface area contributed by atoms with E-state index in [4.69, 9.17) is 9.47 Å². The Hall–Kier alpha value is -1.27. The van der Waals surface area contributed by atoms with E-state index in [9.17, 15) is 4.79 Å². The second-order valence-corrected chi connectivity index (χ2v) is 8.84. The summed E-state index contributed by atoms with van der Waals surface area (Å²) in [6.07, 6.45) is -0.253. The number of carbonyl (C=O) groups is 1. The number of ether oxygens (including phenoxy) is 2. The average molecular weight is 397 g/mol. The molecule has 2 aliphatic rings. The van der Waals surface area contributed by atoms with Gasteiger partial charge in [-0.15, -0.1) is 0 Å². The zero-order chi connectivity index (χ0) is 17.7. The molecule has 1 amide bonds. The van der Waals surface area contributed by atoms with Gasteiger partial charge in [0, 0.05) is 29.2 Å². The molecule has 0 radical (unpaired) electrons. The van der Waals surface area contributed by atoms with Gasteiger partial charge in [-0.3, -0.25) is 0 Å². The molecule has 0 aliphatic carbocycles. The fourth-order valence-electron chi connectivity index (χ4n) is 3.73. The Morgan fingerprint density at radius 2 is 2.12 bits per heavy atom. The van der Waals surface area contributed by atoms with Crippen molar-refractivity contribution >= 4 is 22.0 Å². The maximum absolute atomic E-state index is 12.6. The molecule has 2 aliphatic heterocycles. The van der Waals surface area contributed by atoms with E-state index >= 15 is 0 Å². The molecule has 1 spiro atoms. The molecular weight excluding hydrogens is 372 g/mol. The number of hydrogen-bond donors (Lipinski definition) is 0. The molecule has 2 unspecified atom stereocenters. The maximum Gasteiger partial charge on any atom is 0.410 e. The molecule has 1 aromatic carbocycles. The zero-order valence-electron chi connectivity index (χ0n) is 14.9. The van der Waals surface area contributed by atoms with Crippen molar-refractivity contribution in [1.82, 2.24) is 9.80 Å². The largest absolute Gasteiger partial charge is 0.492 e. The molecule has 1 saturated heterocycles. The number of carbonyl (C=O) groups excluding carboxylic acids is 1. The molecule has 1 fully saturated rings. The minimum Gasteiger partial charge on any atom is -0.492 e. The summed E-state index contributed by atoms with van der Waals surface area (Å²) >= 11 is 3.50. The first-order valence-corrected chi connectivity index (χ1v) is 8.99. The number of likely N-dealkylation sites (N-methyl/N-ethyl adjacent to an activating group) is 1. The first kappa shape index (κ1) is 17.5. The Morgan fingerprint density at radius 3 is 2.75 bits per heavy atom. The van der Waals surface area contributed by atoms with Gasteiger partial charge < -0.3 is 19.3 Å². The van der Waals surface area contributed by atoms with E-state index in [1.54, 1.807) is 0 Å². The smallest absolute Gasteiger partial charge is 0.410 e. The van der Waals surface area contributed by atoms with Crippen LogP contribution in [0.1, 0.15) is 26.3 Å². The summed E-state index contributed by atoms with van der Waals surface area (Å²) in [5, 5.41) is 0. The summed E-state index contributed by atoms with van der Waals surface area (Å²) in [5.74, 6) is 0.905. The Kier molecular flexibility index (Phi) is 4.33. The third-order valence-electron chi connectivity index (χ3n) is 4.74. The number of rotatable bonds is 1. The van der Waals surface area contributed by atoms with Crippen molar-refractivity contribution in [2.75, 3.05) is 33.8 Å². The van der Waals surface area contributed by atoms with Crippen molar-refractivity contribution in [1.29, 1.82) is 0 Å². The van der Waals surface area contributed by atoms with Crippen LogP contribution in [0.2, 0.25) is 0 Å². The minimum absolute atomic E-state index is 0.187. The molecule has 3 rings (SSSR count). The van der Waals surface area contributed by atoms with E-state index in [2.05, 4.69) is 41.0 Å². The Balaban J connectivity index is 1.93. The van der Waals surface area contributed by atoms with Crippen LogP contribution in [0.15, 0.2) is 22.7 Å². The minimum atomic E-state index is -0.491. The topological polar surface area (TPSA) is 42.0 Å². The molecule has 24 heavy (non-hydrogen) atoms. The second kappa shape index (κ2) is 5.92. The molecule has 1 aromatic rings. The lowest BCUT2D eigenvalue weighted by atomic mass is 9.77. The SMILES string of the molecule is CN(C)C1CN(C(=O)OC(C)(C)C)CC12COc1cc(Br)ccc12. The first-order valence-electron chi connectivity index (χ1n) is 8.19. The number of halogens is 1. The first-order chi connectivity index (χ1) is 11.1. The molecule has 0 saturated carbocycles. The normalized spacial score (nSPS) is 26.0. The van der Waals surface area contributed by atoms with Gasteiger partial charge >= 0.3 is 6.09 Å². The van der Waals surface area contributed by atoms with Gasteiger partial charge in [-0.2, -0.15) is 0 Å². The molecule has 0 N–H and O–H groups in total. The van der Waals surface area contributed by atoms with E-state index < -0.39 is 5.60 Å². The summed E-state index contributed by atoms with van der Waals surface area (Å²) in [7, 11) is 4.11. The van der Waals surface area contributed by atoms with Crippen LogP contribution in [-0.4, -0.2) is 61.3 Å². The Morgan fingerprint density at radius 1 is 1.42 bits per heavy atom. The maximum atomic E-state index is 12.6. The van der Waals surface area contributed by atoms with Crippen LogP contribution in [-0.2, 0) is 10.2 Å². The van der Waals surface area contributed by atoms with Crippen molar-refractivity contribution in [3.63, 3.8) is 0 Å². The summed E-state index contributed by atoms with van der Waals surface area (Å²) in [6, 6.07) is 6.35. The molecule has 6 heteroatoms. The van der Waals surface area contributed by atoms with Gasteiger partial charge in [-0.1, -0.05) is 22.0 Å². The highest BCUT2D eigenvalue weighted by atomic mass is 79.9. The number of benzene rings is 1. The second-order valence-electron chi connectivity index (χ2n) is 7.93. The van der Waals surface area contributed by atoms with Crippen LogP contribution >= 0.6 is 15.9 Å². The number of fused-ring (bicyclic) bond motifs is 2. The monoisotopic (exact) mass is 396 g/mol. The van der Waals surface area contributed by atoms with Crippen molar-refractivity contribution in [2.45, 2.75) is 37.8 Å². The van der Waals surface area contributed by atoms with Gasteiger partial charge in [0.05, 0.1) is 5.41 Å². The fourth-order valence-corrected chi connectivity index (χ4v) is 4.07. The van der Waals surface area contributed by atoms with Crippen LogP contribution in [0.3, 0.4) is 0 Å². The molecule has 132 valence electrons. The highest BCUT2D eigenvalue weighted by Crippen LogP contribution is 2.47. The molecular formula is C18H25BrN2O3. The molecule has 5 nitrogen and oxygen atoms in total. The summed E-state index contributed by atoms with van der Waals surface area (Å²) < 4.78 is 12.6. The van der Waals surface area contributed by atoms with Crippen LogP contribution in [0.5, 0.6) is 5.75 Å². The van der Waals surface area contributed by atoms with Crippen LogP contribution in [0.25, 0.3) is 0 Å². The average Bonchev–Trinajstić information content (AvgIpc) is 3.00. The van der Waals surface area contributed by atoms with Crippen molar-refractivity contribution in [3.05, 3.63) is 28.2 Å². The summed E-state index contributed by atoms with van der Waals surface area (Å²) in [4.78, 5) is 16.6. The van der Waals surface area contributed by atoms with Gasteiger partial charge in [0.1, 0.15) is 18.0 Å². The summed E-state index contributed by atoms with van der Waals surface area (Å²) in [6.45, 7) is 7.52. The highest BCUT2D eigenvalue weighted by molar-refractivity contribution is 9.10. The fraction of sp³-hybridized carbons (Fsp3) is 0.611. The molecule has 2 atom stereocenters. The van der Waals surface area contributed by atoms with Crippen molar-refractivity contribution in [2.24, 2.45) is 0 Å². The number of likely N-dealkylation sites (tertiary alicyclic amines) is 1. The lowest BCUT2D eigenvalue weighted by molar-refractivity contribution is 0.0278. The lowest BCUT2D eigenvalue weighted by Crippen LogP contribution is -2.48. The molecule has 2 heterocycles. The van der Waals surface area contributed by atoms with Gasteiger partial charge in [0.25, 0.3) is 0 Å². The van der Waals surface area contributed by atoms with E-state index in [0.717, 1.165) is 10.2 Å². The number of nitrogens with zero attached hydrogens (tertiary/aromatic N) is 2. The van der Waals surface area contributed by atoms with Gasteiger partial charge in [-0.05, 0) is 47.0 Å². The predicted octanol–water partition coefficient (Wildman–Crippen LogP) is 3.26. The van der Waals surface area contributed by atoms with E-state index in [1.165, 1.54) is 5.56 Å². The van der Waals surface area contributed by atoms with E-state index in [1.807, 2.05) is 37.8 Å². The zero-order valence-corrected chi connectivity index (χ0v) is 16.5. The van der Waals surface area contributed by atoms with Crippen LogP contribution < -0.4 is 4.74 Å². The van der Waals surface area contributed by atoms with Gasteiger partial charge in [0.15, 0.2) is 0 Å². The van der Waals surface area contributed by atoms with Crippen molar-refractivity contribution in [3.8, 4) is 5.75 Å². The highest BCUT2D eigenvalue weighted by Gasteiger charge is 2.55. The number of hydrogen-bond acceptors (Lipinski definition) is 4. The number of amides is 1. The predicted molar refractivity (Wildman–Crippen MR) is 96.6 cm³/mol. The standard InChI is InChI=1S/C18H25BrN2O3/c1-17(2,3)24-16(22)21-9-15(20(4)5)18(10-21)11-23-14-8-12(19)6-7-13(14)18/h6-8,15H,9-11H2,1-5H3. The quantitative estimate of drug-likeness (QED) is 0.730. The molecule has 0 aromatic heterocycles. The lowest BCUT2D eigenvalue weighted by Gasteiger charge is -2.33. The summed E-state index contributed by atoms with van der Waals surface area (Å²) in [5.41, 5.74) is 0.474. The van der Waals surface area contributed by atoms with Crippen LogP contribution in [0, 0.1) is 0 Å². The van der Waals surface area contributed by atoms with Crippen molar-refractivity contribution < 1.29 is 14.3 Å². The van der Waals surface area contributed by atoms with E-state index in [-0.39, 0.29) is 17.6 Å². The Bertz CT molecular complexity index is 656. The van der Waals surface area contributed by atoms with E-state index in [0.29, 0.717) is 19.7 Å². The third-order valence-corrected chi connectivity index (χ3v) is 5.24. The van der Waals surface area contributed by atoms with Gasteiger partial charge in [-0.25, -0.2) is 4.79 Å². The van der Waals surface area contributed by atoms with Gasteiger partial charge in [0.2, 0.25) is 0 Å². The third kappa shape index (κ3) is 3.02. The Labute approximate surface area is 152 Å². The van der Waals surface area contributed by atoms with Crippen LogP contribution in [0.4, 0.5) is 4.79 Å². The molecule has 0 bridgehead atoms.